The highest BCUT2D eigenvalue weighted by Crippen LogP contribution is 2.26. The van der Waals surface area contributed by atoms with Crippen molar-refractivity contribution in [2.75, 3.05) is 19.0 Å². The van der Waals surface area contributed by atoms with Gasteiger partial charge in [-0.25, -0.2) is 0 Å². The molecule has 0 radical (unpaired) electrons. The highest BCUT2D eigenvalue weighted by molar-refractivity contribution is 6.00. The second kappa shape index (κ2) is 8.18. The summed E-state index contributed by atoms with van der Waals surface area (Å²) < 4.78 is 5.27. The number of likely N-dealkylation sites (tertiary alicyclic amines) is 1. The quantitative estimate of drug-likeness (QED) is 0.700. The van der Waals surface area contributed by atoms with Crippen molar-refractivity contribution in [2.24, 2.45) is 0 Å². The Hall–Kier alpha value is -3.61. The van der Waals surface area contributed by atoms with Crippen molar-refractivity contribution in [3.8, 4) is 16.9 Å². The number of carbonyl (C=O) groups excluding carboxylic acids is 2. The molecule has 2 heterocycles. The van der Waals surface area contributed by atoms with Gasteiger partial charge < -0.3 is 15.0 Å². The number of benzene rings is 2. The topological polar surface area (TPSA) is 87.3 Å². The molecular formula is C22H22N4O3. The molecule has 1 atom stereocenters. The summed E-state index contributed by atoms with van der Waals surface area (Å²) in [4.78, 5) is 27.0. The number of carbonyl (C=O) groups is 2. The highest BCUT2D eigenvalue weighted by Gasteiger charge is 2.35. The summed E-state index contributed by atoms with van der Waals surface area (Å²) in [6.07, 6.45) is 2.97. The van der Waals surface area contributed by atoms with E-state index in [9.17, 15) is 9.59 Å². The standard InChI is InChI=1S/C22H22N4O3/c1-29-18-5-2-4-16(14-18)15-7-9-17(10-8-15)24-21(27)20-6-3-13-26(20)22(28)19-11-12-23-25-19/h2,4-5,7-12,14,20H,3,6,13H2,1H3,(H,23,25)(H,24,27)/t20-/m0/s1. The molecule has 2 aromatic carbocycles. The van der Waals surface area contributed by atoms with Crippen molar-refractivity contribution in [1.82, 2.24) is 15.1 Å². The summed E-state index contributed by atoms with van der Waals surface area (Å²) in [7, 11) is 1.64. The average molecular weight is 390 g/mol. The number of rotatable bonds is 5. The Morgan fingerprint density at radius 3 is 2.69 bits per heavy atom. The number of methoxy groups -OCH3 is 1. The predicted octanol–water partition coefficient (Wildman–Crippen LogP) is 3.33. The van der Waals surface area contributed by atoms with E-state index in [0.29, 0.717) is 24.3 Å². The van der Waals surface area contributed by atoms with Crippen molar-refractivity contribution in [2.45, 2.75) is 18.9 Å². The van der Waals surface area contributed by atoms with Crippen LogP contribution in [-0.4, -0.2) is 46.6 Å². The normalized spacial score (nSPS) is 15.9. The average Bonchev–Trinajstić information content (AvgIpc) is 3.46. The SMILES string of the molecule is COc1cccc(-c2ccc(NC(=O)[C@@H]3CCCN3C(=O)c3ccn[nH]3)cc2)c1. The van der Waals surface area contributed by atoms with Gasteiger partial charge in [-0.05, 0) is 54.3 Å². The maximum Gasteiger partial charge on any atom is 0.272 e. The lowest BCUT2D eigenvalue weighted by Gasteiger charge is -2.23. The third kappa shape index (κ3) is 3.99. The summed E-state index contributed by atoms with van der Waals surface area (Å²) >= 11 is 0. The molecule has 0 aliphatic carbocycles. The first kappa shape index (κ1) is 18.7. The Bertz CT molecular complexity index is 999. The van der Waals surface area contributed by atoms with Gasteiger partial charge in [-0.2, -0.15) is 5.10 Å². The lowest BCUT2D eigenvalue weighted by Crippen LogP contribution is -2.43. The van der Waals surface area contributed by atoms with Gasteiger partial charge in [-0.15, -0.1) is 0 Å². The molecule has 1 saturated heterocycles. The fraction of sp³-hybridized carbons (Fsp3) is 0.227. The molecule has 0 spiro atoms. The van der Waals surface area contributed by atoms with Crippen LogP contribution in [0, 0.1) is 0 Å². The Morgan fingerprint density at radius 1 is 1.14 bits per heavy atom. The summed E-state index contributed by atoms with van der Waals surface area (Å²) in [6, 6.07) is 16.6. The molecule has 2 amide bonds. The van der Waals surface area contributed by atoms with Crippen molar-refractivity contribution < 1.29 is 14.3 Å². The predicted molar refractivity (Wildman–Crippen MR) is 110 cm³/mol. The van der Waals surface area contributed by atoms with Crippen LogP contribution < -0.4 is 10.1 Å². The van der Waals surface area contributed by atoms with Gasteiger partial charge in [-0.1, -0.05) is 24.3 Å². The number of hydrogen-bond donors (Lipinski definition) is 2. The van der Waals surface area contributed by atoms with E-state index in [1.54, 1.807) is 18.1 Å². The van der Waals surface area contributed by atoms with Crippen LogP contribution in [0.3, 0.4) is 0 Å². The van der Waals surface area contributed by atoms with E-state index in [2.05, 4.69) is 15.5 Å². The maximum absolute atomic E-state index is 12.8. The van der Waals surface area contributed by atoms with Gasteiger partial charge in [0, 0.05) is 18.4 Å². The first-order valence-electron chi connectivity index (χ1n) is 9.51. The number of H-pyrrole nitrogens is 1. The van der Waals surface area contributed by atoms with E-state index >= 15 is 0 Å². The lowest BCUT2D eigenvalue weighted by molar-refractivity contribution is -0.119. The molecule has 1 aliphatic rings. The zero-order valence-corrected chi connectivity index (χ0v) is 16.1. The smallest absolute Gasteiger partial charge is 0.272 e. The summed E-state index contributed by atoms with van der Waals surface area (Å²) in [5, 5.41) is 9.42. The molecular weight excluding hydrogens is 368 g/mol. The number of aromatic nitrogens is 2. The first-order valence-corrected chi connectivity index (χ1v) is 9.51. The zero-order valence-electron chi connectivity index (χ0n) is 16.1. The molecule has 1 fully saturated rings. The van der Waals surface area contributed by atoms with E-state index < -0.39 is 6.04 Å². The van der Waals surface area contributed by atoms with E-state index in [4.69, 9.17) is 4.74 Å². The number of aromatic amines is 1. The number of ether oxygens (including phenoxy) is 1. The molecule has 4 rings (SSSR count). The van der Waals surface area contributed by atoms with Gasteiger partial charge >= 0.3 is 0 Å². The molecule has 7 nitrogen and oxygen atoms in total. The van der Waals surface area contributed by atoms with Crippen LogP contribution in [0.4, 0.5) is 5.69 Å². The number of hydrogen-bond acceptors (Lipinski definition) is 4. The fourth-order valence-corrected chi connectivity index (χ4v) is 3.59. The van der Waals surface area contributed by atoms with Gasteiger partial charge in [0.25, 0.3) is 5.91 Å². The number of anilines is 1. The second-order valence-corrected chi connectivity index (χ2v) is 6.93. The van der Waals surface area contributed by atoms with E-state index in [0.717, 1.165) is 23.3 Å². The third-order valence-electron chi connectivity index (χ3n) is 5.10. The summed E-state index contributed by atoms with van der Waals surface area (Å²) in [5.74, 6) is 0.418. The third-order valence-corrected chi connectivity index (χ3v) is 5.10. The maximum atomic E-state index is 12.8. The molecule has 0 bridgehead atoms. The molecule has 1 aliphatic heterocycles. The molecule has 0 unspecified atom stereocenters. The van der Waals surface area contributed by atoms with Crippen LogP contribution in [0.2, 0.25) is 0 Å². The van der Waals surface area contributed by atoms with E-state index in [-0.39, 0.29) is 11.8 Å². The first-order chi connectivity index (χ1) is 14.2. The molecule has 2 N–H and O–H groups in total. The number of nitrogens with one attached hydrogen (secondary N) is 2. The van der Waals surface area contributed by atoms with Crippen LogP contribution in [-0.2, 0) is 4.79 Å². The Morgan fingerprint density at radius 2 is 1.97 bits per heavy atom. The minimum absolute atomic E-state index is 0.176. The van der Waals surface area contributed by atoms with Crippen LogP contribution >= 0.6 is 0 Å². The summed E-state index contributed by atoms with van der Waals surface area (Å²) in [5.41, 5.74) is 3.16. The molecule has 0 saturated carbocycles. The lowest BCUT2D eigenvalue weighted by atomic mass is 10.0. The van der Waals surface area contributed by atoms with Crippen LogP contribution in [0.15, 0.2) is 60.8 Å². The second-order valence-electron chi connectivity index (χ2n) is 6.93. The van der Waals surface area contributed by atoms with E-state index in [1.165, 1.54) is 6.20 Å². The largest absolute Gasteiger partial charge is 0.497 e. The Labute approximate surface area is 168 Å². The molecule has 1 aromatic heterocycles. The Balaban J connectivity index is 1.44. The van der Waals surface area contributed by atoms with Crippen molar-refractivity contribution in [1.29, 1.82) is 0 Å². The fourth-order valence-electron chi connectivity index (χ4n) is 3.59. The number of amides is 2. The van der Waals surface area contributed by atoms with Gasteiger partial charge in [-0.3, -0.25) is 14.7 Å². The minimum Gasteiger partial charge on any atom is -0.497 e. The zero-order chi connectivity index (χ0) is 20.2. The molecule has 7 heteroatoms. The van der Waals surface area contributed by atoms with Crippen molar-refractivity contribution >= 4 is 17.5 Å². The molecule has 3 aromatic rings. The van der Waals surface area contributed by atoms with Gasteiger partial charge in [0.1, 0.15) is 17.5 Å². The highest BCUT2D eigenvalue weighted by atomic mass is 16.5. The van der Waals surface area contributed by atoms with Crippen LogP contribution in [0.25, 0.3) is 11.1 Å². The Kier molecular flexibility index (Phi) is 5.29. The molecule has 29 heavy (non-hydrogen) atoms. The van der Waals surface area contributed by atoms with Gasteiger partial charge in [0.05, 0.1) is 7.11 Å². The van der Waals surface area contributed by atoms with Gasteiger partial charge in [0.15, 0.2) is 0 Å². The monoisotopic (exact) mass is 390 g/mol. The van der Waals surface area contributed by atoms with Crippen molar-refractivity contribution in [3.63, 3.8) is 0 Å². The minimum atomic E-state index is -0.483. The van der Waals surface area contributed by atoms with Crippen molar-refractivity contribution in [3.05, 3.63) is 66.5 Å². The molecule has 148 valence electrons. The van der Waals surface area contributed by atoms with E-state index in [1.807, 2.05) is 48.5 Å². The van der Waals surface area contributed by atoms with Crippen LogP contribution in [0.5, 0.6) is 5.75 Å². The number of nitrogens with zero attached hydrogens (tertiary/aromatic N) is 2. The summed E-state index contributed by atoms with van der Waals surface area (Å²) in [6.45, 7) is 0.560. The van der Waals surface area contributed by atoms with Crippen LogP contribution in [0.1, 0.15) is 23.3 Å². The van der Waals surface area contributed by atoms with Gasteiger partial charge in [0.2, 0.25) is 5.91 Å².